The highest BCUT2D eigenvalue weighted by Gasteiger charge is 2.17. The molecule has 0 aliphatic carbocycles. The molecule has 0 spiro atoms. The van der Waals surface area contributed by atoms with Crippen LogP contribution in [0.4, 0.5) is 0 Å². The van der Waals surface area contributed by atoms with Crippen LogP contribution in [0.2, 0.25) is 0 Å². The molecule has 1 amide bonds. The topological polar surface area (TPSA) is 115 Å². The number of hydrogen-bond acceptors (Lipinski definition) is 7. The number of allylic oxidation sites excluding steroid dienone is 1. The maximum atomic E-state index is 12.8. The number of thioether (sulfide) groups is 1. The predicted octanol–water partition coefficient (Wildman–Crippen LogP) is 1.43. The molecular formula is C18H18N8O2S2. The molecule has 0 fully saturated rings. The first-order valence-corrected chi connectivity index (χ1v) is 10.4. The second kappa shape index (κ2) is 8.24. The van der Waals surface area contributed by atoms with Crippen LogP contribution in [-0.2, 0) is 24.9 Å². The summed E-state index contributed by atoms with van der Waals surface area (Å²) >= 11 is 6.30. The van der Waals surface area contributed by atoms with Gasteiger partial charge < -0.3 is 9.88 Å². The van der Waals surface area contributed by atoms with Crippen molar-refractivity contribution in [1.82, 2.24) is 39.2 Å². The van der Waals surface area contributed by atoms with Gasteiger partial charge in [-0.3, -0.25) is 23.7 Å². The highest BCUT2D eigenvalue weighted by Crippen LogP contribution is 2.21. The van der Waals surface area contributed by atoms with E-state index in [1.54, 1.807) is 28.2 Å². The number of benzene rings is 1. The zero-order chi connectivity index (χ0) is 21.3. The molecule has 30 heavy (non-hydrogen) atoms. The Hall–Kier alpha value is -3.25. The number of nitrogens with one attached hydrogen (secondary N) is 2. The van der Waals surface area contributed by atoms with E-state index in [0.717, 1.165) is 0 Å². The molecule has 0 aliphatic heterocycles. The average molecular weight is 443 g/mol. The number of aromatic nitrogens is 7. The van der Waals surface area contributed by atoms with E-state index in [1.165, 1.54) is 16.3 Å². The molecule has 1 aromatic carbocycles. The van der Waals surface area contributed by atoms with Gasteiger partial charge in [0.15, 0.2) is 15.8 Å². The van der Waals surface area contributed by atoms with Crippen LogP contribution >= 0.6 is 24.0 Å². The van der Waals surface area contributed by atoms with Crippen LogP contribution in [0.3, 0.4) is 0 Å². The first kappa shape index (κ1) is 20.0. The molecule has 0 unspecified atom stereocenters. The molecule has 3 aromatic heterocycles. The van der Waals surface area contributed by atoms with Crippen LogP contribution in [-0.4, -0.2) is 45.6 Å². The molecular weight excluding hydrogens is 424 g/mol. The third kappa shape index (κ3) is 3.55. The van der Waals surface area contributed by atoms with E-state index in [-0.39, 0.29) is 23.8 Å². The maximum Gasteiger partial charge on any atom is 0.263 e. The monoisotopic (exact) mass is 442 g/mol. The summed E-state index contributed by atoms with van der Waals surface area (Å²) in [7, 11) is 1.78. The number of hydrogen-bond donors (Lipinski definition) is 2. The molecule has 4 aromatic rings. The van der Waals surface area contributed by atoms with Crippen molar-refractivity contribution < 1.29 is 4.79 Å². The zero-order valence-electron chi connectivity index (χ0n) is 16.0. The quantitative estimate of drug-likeness (QED) is 0.253. The van der Waals surface area contributed by atoms with Crippen molar-refractivity contribution >= 4 is 46.6 Å². The zero-order valence-corrected chi connectivity index (χ0v) is 17.7. The summed E-state index contributed by atoms with van der Waals surface area (Å²) in [6, 6.07) is 7.24. The first-order valence-electron chi connectivity index (χ1n) is 8.98. The number of para-hydroxylation sites is 1. The van der Waals surface area contributed by atoms with E-state index in [2.05, 4.69) is 32.3 Å². The lowest BCUT2D eigenvalue weighted by Crippen LogP contribution is -2.26. The number of carbonyl (C=O) groups excluding carboxylic acids is 1. The first-order chi connectivity index (χ1) is 14.5. The van der Waals surface area contributed by atoms with Gasteiger partial charge in [-0.2, -0.15) is 5.10 Å². The van der Waals surface area contributed by atoms with Gasteiger partial charge in [0.1, 0.15) is 0 Å². The number of H-pyrrole nitrogens is 1. The minimum absolute atomic E-state index is 0.130. The third-order valence-electron chi connectivity index (χ3n) is 4.54. The predicted molar refractivity (Wildman–Crippen MR) is 116 cm³/mol. The highest BCUT2D eigenvalue weighted by atomic mass is 32.2. The van der Waals surface area contributed by atoms with Crippen LogP contribution in [0.25, 0.3) is 16.7 Å². The minimum Gasteiger partial charge on any atom is -0.348 e. The molecule has 2 N–H and O–H groups in total. The van der Waals surface area contributed by atoms with Crippen LogP contribution in [0, 0.1) is 4.77 Å². The Morgan fingerprint density at radius 2 is 2.17 bits per heavy atom. The maximum absolute atomic E-state index is 12.8. The van der Waals surface area contributed by atoms with Gasteiger partial charge in [-0.15, -0.1) is 16.8 Å². The standard InChI is InChI=1S/C18H18N8O2S2/c1-3-8-25-15(28)11-6-4-5-7-12(11)26-16(25)21-23-18(26)30-10-14(27)19-9-13-20-22-17(29)24(13)2/h3-7H,1,8-10H2,2H3,(H,19,27)(H,22,29). The molecule has 154 valence electrons. The summed E-state index contributed by atoms with van der Waals surface area (Å²) in [4.78, 5) is 25.1. The molecule has 12 heteroatoms. The molecule has 0 saturated heterocycles. The van der Waals surface area contributed by atoms with Gasteiger partial charge in [0.05, 0.1) is 23.2 Å². The lowest BCUT2D eigenvalue weighted by atomic mass is 10.2. The lowest BCUT2D eigenvalue weighted by molar-refractivity contribution is -0.118. The van der Waals surface area contributed by atoms with E-state index >= 15 is 0 Å². The molecule has 0 aliphatic rings. The molecule has 0 bridgehead atoms. The van der Waals surface area contributed by atoms with Crippen molar-refractivity contribution in [3.05, 3.63) is 57.9 Å². The Bertz CT molecular complexity index is 1380. The van der Waals surface area contributed by atoms with Gasteiger partial charge >= 0.3 is 0 Å². The third-order valence-corrected chi connectivity index (χ3v) is 5.83. The number of aromatic amines is 1. The van der Waals surface area contributed by atoms with Crippen molar-refractivity contribution in [3.8, 4) is 0 Å². The second-order valence-corrected chi connectivity index (χ2v) is 7.74. The molecule has 10 nitrogen and oxygen atoms in total. The van der Waals surface area contributed by atoms with Crippen molar-refractivity contribution in [3.63, 3.8) is 0 Å². The SMILES string of the molecule is C=CCn1c(=O)c2ccccc2n2c(SCC(=O)NCc3n[nH]c(=S)n3C)nnc12. The largest absolute Gasteiger partial charge is 0.348 e. The van der Waals surface area contributed by atoms with Crippen molar-refractivity contribution in [2.75, 3.05) is 5.75 Å². The summed E-state index contributed by atoms with van der Waals surface area (Å²) < 4.78 is 5.48. The van der Waals surface area contributed by atoms with E-state index in [1.807, 2.05) is 18.2 Å². The summed E-state index contributed by atoms with van der Waals surface area (Å²) in [5, 5.41) is 19.0. The van der Waals surface area contributed by atoms with Gasteiger partial charge in [-0.1, -0.05) is 30.0 Å². The Labute approximate surface area is 179 Å². The number of fused-ring (bicyclic) bond motifs is 3. The van der Waals surface area contributed by atoms with Crippen molar-refractivity contribution in [2.45, 2.75) is 18.2 Å². The van der Waals surface area contributed by atoms with Gasteiger partial charge in [0.2, 0.25) is 11.7 Å². The summed E-state index contributed by atoms with van der Waals surface area (Å²) in [6.07, 6.45) is 1.63. The molecule has 0 atom stereocenters. The van der Waals surface area contributed by atoms with E-state index in [9.17, 15) is 9.59 Å². The van der Waals surface area contributed by atoms with Crippen LogP contribution < -0.4 is 10.9 Å². The highest BCUT2D eigenvalue weighted by molar-refractivity contribution is 7.99. The number of rotatable bonds is 7. The number of amides is 1. The average Bonchev–Trinajstić information content (AvgIpc) is 3.32. The minimum atomic E-state index is -0.186. The fourth-order valence-electron chi connectivity index (χ4n) is 3.02. The van der Waals surface area contributed by atoms with Gasteiger partial charge in [0.25, 0.3) is 5.56 Å². The Kier molecular flexibility index (Phi) is 5.50. The van der Waals surface area contributed by atoms with E-state index < -0.39 is 0 Å². The normalized spacial score (nSPS) is 11.2. The van der Waals surface area contributed by atoms with Crippen LogP contribution in [0.15, 0.2) is 46.9 Å². The molecule has 3 heterocycles. The number of carbonyl (C=O) groups is 1. The smallest absolute Gasteiger partial charge is 0.263 e. The number of nitrogens with zero attached hydrogens (tertiary/aromatic N) is 6. The van der Waals surface area contributed by atoms with Crippen molar-refractivity contribution in [1.29, 1.82) is 0 Å². The Balaban J connectivity index is 1.59. The van der Waals surface area contributed by atoms with Crippen LogP contribution in [0.5, 0.6) is 0 Å². The Morgan fingerprint density at radius 3 is 2.90 bits per heavy atom. The fourth-order valence-corrected chi connectivity index (χ4v) is 3.94. The van der Waals surface area contributed by atoms with Gasteiger partial charge in [-0.25, -0.2) is 0 Å². The van der Waals surface area contributed by atoms with E-state index in [4.69, 9.17) is 12.2 Å². The molecule has 4 rings (SSSR count). The van der Waals surface area contributed by atoms with Crippen molar-refractivity contribution in [2.24, 2.45) is 7.05 Å². The van der Waals surface area contributed by atoms with Crippen LogP contribution in [0.1, 0.15) is 5.82 Å². The Morgan fingerprint density at radius 1 is 1.37 bits per heavy atom. The molecule has 0 saturated carbocycles. The second-order valence-electron chi connectivity index (χ2n) is 6.41. The summed E-state index contributed by atoms with van der Waals surface area (Å²) in [6.45, 7) is 4.28. The van der Waals surface area contributed by atoms with E-state index in [0.29, 0.717) is 39.0 Å². The summed E-state index contributed by atoms with van der Waals surface area (Å²) in [5.74, 6) is 0.980. The molecule has 0 radical (unpaired) electrons. The van der Waals surface area contributed by atoms with Gasteiger partial charge in [0, 0.05) is 13.6 Å². The summed E-state index contributed by atoms with van der Waals surface area (Å²) in [5.41, 5.74) is 0.528. The van der Waals surface area contributed by atoms with Gasteiger partial charge in [-0.05, 0) is 24.4 Å². The lowest BCUT2D eigenvalue weighted by Gasteiger charge is -2.09. The fraction of sp³-hybridized carbons (Fsp3) is 0.222.